The Morgan fingerprint density at radius 3 is 2.52 bits per heavy atom. The Labute approximate surface area is 126 Å². The molecule has 6 nitrogen and oxygen atoms in total. The van der Waals surface area contributed by atoms with Gasteiger partial charge in [-0.2, -0.15) is 0 Å². The summed E-state index contributed by atoms with van der Waals surface area (Å²) in [5.41, 5.74) is 0. The monoisotopic (exact) mass is 298 g/mol. The van der Waals surface area contributed by atoms with Crippen LogP contribution < -0.4 is 5.32 Å². The molecule has 1 rings (SSSR count). The molecule has 0 aromatic carbocycles. The second kappa shape index (κ2) is 8.12. The van der Waals surface area contributed by atoms with Gasteiger partial charge in [-0.1, -0.05) is 13.8 Å². The smallest absolute Gasteiger partial charge is 0.323 e. The molecule has 1 aliphatic heterocycles. The van der Waals surface area contributed by atoms with Gasteiger partial charge in [0, 0.05) is 0 Å². The van der Waals surface area contributed by atoms with E-state index in [0.29, 0.717) is 19.6 Å². The molecule has 0 bridgehead atoms. The van der Waals surface area contributed by atoms with Gasteiger partial charge in [0.15, 0.2) is 5.78 Å². The highest BCUT2D eigenvalue weighted by Crippen LogP contribution is 2.18. The van der Waals surface area contributed by atoms with Gasteiger partial charge in [0.25, 0.3) is 0 Å². The number of rotatable bonds is 7. The Balaban J connectivity index is 2.57. The van der Waals surface area contributed by atoms with Crippen LogP contribution in [-0.4, -0.2) is 54.3 Å². The Morgan fingerprint density at radius 2 is 2.00 bits per heavy atom. The summed E-state index contributed by atoms with van der Waals surface area (Å²) in [7, 11) is 0. The topological polar surface area (TPSA) is 75.7 Å². The molecule has 0 aromatic heterocycles. The third-order valence-corrected chi connectivity index (χ3v) is 3.69. The zero-order chi connectivity index (χ0) is 16.0. The first-order valence-electron chi connectivity index (χ1n) is 7.57. The number of esters is 1. The summed E-state index contributed by atoms with van der Waals surface area (Å²) in [6, 6.07) is -0.813. The molecule has 1 N–H and O–H groups in total. The van der Waals surface area contributed by atoms with E-state index in [1.54, 1.807) is 6.92 Å². The Bertz CT molecular complexity index is 395. The van der Waals surface area contributed by atoms with E-state index in [1.807, 2.05) is 18.7 Å². The number of nitrogens with zero attached hydrogens (tertiary/aromatic N) is 1. The Hall–Kier alpha value is -1.43. The quantitative estimate of drug-likeness (QED) is 0.702. The van der Waals surface area contributed by atoms with Crippen molar-refractivity contribution in [3.05, 3.63) is 0 Å². The number of nitrogens with one attached hydrogen (secondary N) is 1. The molecule has 0 saturated carbocycles. The molecule has 21 heavy (non-hydrogen) atoms. The first kappa shape index (κ1) is 17.6. The van der Waals surface area contributed by atoms with Gasteiger partial charge in [-0.25, -0.2) is 0 Å². The largest absolute Gasteiger partial charge is 0.465 e. The summed E-state index contributed by atoms with van der Waals surface area (Å²) < 4.78 is 5.03. The third-order valence-electron chi connectivity index (χ3n) is 3.69. The summed E-state index contributed by atoms with van der Waals surface area (Å²) in [5.74, 6) is -0.498. The van der Waals surface area contributed by atoms with Crippen molar-refractivity contribution in [1.82, 2.24) is 10.2 Å². The summed E-state index contributed by atoms with van der Waals surface area (Å²) in [6.45, 7) is 8.19. The lowest BCUT2D eigenvalue weighted by Crippen LogP contribution is -2.49. The molecule has 1 amide bonds. The van der Waals surface area contributed by atoms with Crippen molar-refractivity contribution >= 4 is 17.7 Å². The van der Waals surface area contributed by atoms with Crippen molar-refractivity contribution in [2.45, 2.75) is 52.6 Å². The lowest BCUT2D eigenvalue weighted by molar-refractivity contribution is -0.148. The molecule has 1 fully saturated rings. The second-order valence-corrected chi connectivity index (χ2v) is 5.78. The first-order chi connectivity index (χ1) is 9.86. The van der Waals surface area contributed by atoms with Gasteiger partial charge in [-0.3, -0.25) is 19.3 Å². The molecule has 6 heteroatoms. The zero-order valence-corrected chi connectivity index (χ0v) is 13.3. The highest BCUT2D eigenvalue weighted by atomic mass is 16.5. The molecule has 0 radical (unpaired) electrons. The van der Waals surface area contributed by atoms with E-state index in [9.17, 15) is 14.4 Å². The summed E-state index contributed by atoms with van der Waals surface area (Å²) in [5, 5.41) is 2.75. The van der Waals surface area contributed by atoms with Crippen molar-refractivity contribution in [1.29, 1.82) is 0 Å². The Morgan fingerprint density at radius 1 is 1.33 bits per heavy atom. The van der Waals surface area contributed by atoms with Crippen molar-refractivity contribution in [3.63, 3.8) is 0 Å². The van der Waals surface area contributed by atoms with Crippen molar-refractivity contribution in [2.24, 2.45) is 5.92 Å². The minimum Gasteiger partial charge on any atom is -0.465 e. The number of amides is 1. The van der Waals surface area contributed by atoms with Gasteiger partial charge in [-0.05, 0) is 39.2 Å². The molecule has 2 atom stereocenters. The van der Waals surface area contributed by atoms with Crippen LogP contribution in [-0.2, 0) is 19.1 Å². The maximum absolute atomic E-state index is 12.1. The van der Waals surface area contributed by atoms with Gasteiger partial charge >= 0.3 is 5.97 Å². The molecule has 0 spiro atoms. The number of ether oxygens (including phenoxy) is 1. The number of hydrogen-bond acceptors (Lipinski definition) is 5. The Kier molecular flexibility index (Phi) is 6.81. The number of likely N-dealkylation sites (tertiary alicyclic amines) is 1. The zero-order valence-electron chi connectivity index (χ0n) is 13.3. The van der Waals surface area contributed by atoms with Gasteiger partial charge in [-0.15, -0.1) is 0 Å². The standard InChI is InChI=1S/C15H26N2O4/c1-5-21-15(20)12-7-6-8-17(12)9-13(19)16-14(10(2)3)11(4)18/h10,12,14H,5-9H2,1-4H3,(H,16,19). The predicted molar refractivity (Wildman–Crippen MR) is 78.7 cm³/mol. The van der Waals surface area contributed by atoms with Gasteiger partial charge < -0.3 is 10.1 Å². The number of hydrogen-bond donors (Lipinski definition) is 1. The minimum absolute atomic E-state index is 0.0471. The molecular formula is C15H26N2O4. The molecule has 1 saturated heterocycles. The number of Topliss-reactive ketones (excluding diaryl/α,β-unsaturated/α-hetero) is 1. The van der Waals surface area contributed by atoms with Gasteiger partial charge in [0.2, 0.25) is 5.91 Å². The fourth-order valence-electron chi connectivity index (χ4n) is 2.66. The summed E-state index contributed by atoms with van der Waals surface area (Å²) in [4.78, 5) is 37.3. The fourth-order valence-corrected chi connectivity index (χ4v) is 2.66. The highest BCUT2D eigenvalue weighted by molar-refractivity contribution is 5.88. The van der Waals surface area contributed by atoms with E-state index in [0.717, 1.165) is 6.42 Å². The van der Waals surface area contributed by atoms with E-state index in [-0.39, 0.29) is 36.2 Å². The van der Waals surface area contributed by atoms with Crippen LogP contribution in [0.4, 0.5) is 0 Å². The highest BCUT2D eigenvalue weighted by Gasteiger charge is 2.33. The SMILES string of the molecule is CCOC(=O)C1CCCN1CC(=O)NC(C(C)=O)C(C)C. The number of carbonyl (C=O) groups excluding carboxylic acids is 3. The van der Waals surface area contributed by atoms with Crippen LogP contribution in [0.5, 0.6) is 0 Å². The molecule has 0 aliphatic carbocycles. The average molecular weight is 298 g/mol. The maximum Gasteiger partial charge on any atom is 0.323 e. The summed E-state index contributed by atoms with van der Waals surface area (Å²) >= 11 is 0. The normalized spacial score (nSPS) is 20.3. The van der Waals surface area contributed by atoms with Crippen LogP contribution in [0.3, 0.4) is 0 Å². The lowest BCUT2D eigenvalue weighted by Gasteiger charge is -2.24. The van der Waals surface area contributed by atoms with Crippen LogP contribution in [0.2, 0.25) is 0 Å². The fraction of sp³-hybridized carbons (Fsp3) is 0.800. The summed E-state index contributed by atoms with van der Waals surface area (Å²) in [6.07, 6.45) is 1.59. The maximum atomic E-state index is 12.1. The molecule has 0 aromatic rings. The van der Waals surface area contributed by atoms with Crippen LogP contribution >= 0.6 is 0 Å². The first-order valence-corrected chi connectivity index (χ1v) is 7.57. The second-order valence-electron chi connectivity index (χ2n) is 5.78. The van der Waals surface area contributed by atoms with Crippen LogP contribution in [0.15, 0.2) is 0 Å². The van der Waals surface area contributed by atoms with Crippen LogP contribution in [0.25, 0.3) is 0 Å². The van der Waals surface area contributed by atoms with Crippen LogP contribution in [0.1, 0.15) is 40.5 Å². The molecule has 2 unspecified atom stereocenters. The lowest BCUT2D eigenvalue weighted by atomic mass is 10.0. The predicted octanol–water partition coefficient (Wildman–Crippen LogP) is 0.744. The van der Waals surface area contributed by atoms with Gasteiger partial charge in [0.1, 0.15) is 6.04 Å². The van der Waals surface area contributed by atoms with E-state index < -0.39 is 6.04 Å². The van der Waals surface area contributed by atoms with E-state index in [2.05, 4.69) is 5.32 Å². The van der Waals surface area contributed by atoms with Crippen molar-refractivity contribution in [3.8, 4) is 0 Å². The van der Waals surface area contributed by atoms with E-state index in [4.69, 9.17) is 4.74 Å². The minimum atomic E-state index is -0.471. The molecular weight excluding hydrogens is 272 g/mol. The average Bonchev–Trinajstić information content (AvgIpc) is 2.83. The molecule has 1 aliphatic rings. The molecule has 120 valence electrons. The van der Waals surface area contributed by atoms with Crippen molar-refractivity contribution < 1.29 is 19.1 Å². The van der Waals surface area contributed by atoms with Crippen LogP contribution in [0, 0.1) is 5.92 Å². The van der Waals surface area contributed by atoms with E-state index in [1.165, 1.54) is 6.92 Å². The van der Waals surface area contributed by atoms with Crippen molar-refractivity contribution in [2.75, 3.05) is 19.7 Å². The third kappa shape index (κ3) is 5.12. The van der Waals surface area contributed by atoms with E-state index >= 15 is 0 Å². The van der Waals surface area contributed by atoms with Gasteiger partial charge in [0.05, 0.1) is 19.2 Å². The number of ketones is 1. The number of carbonyl (C=O) groups is 3. The molecule has 1 heterocycles.